The SMILES string of the molecule is NC(CCC(=O)NC(CSC(=S)NCc1ccccc1)C(=O)NCC(=O)O)C(=O)O. The first kappa shape index (κ1) is 25.3. The Morgan fingerprint density at radius 1 is 1.10 bits per heavy atom. The Morgan fingerprint density at radius 2 is 1.77 bits per heavy atom. The maximum absolute atomic E-state index is 12.2. The molecule has 1 aromatic carbocycles. The fraction of sp³-hybridized carbons (Fsp3) is 0.389. The van der Waals surface area contributed by atoms with Crippen molar-refractivity contribution in [1.82, 2.24) is 16.0 Å². The average molecular weight is 457 g/mol. The summed E-state index contributed by atoms with van der Waals surface area (Å²) in [5, 5.41) is 25.2. The molecule has 30 heavy (non-hydrogen) atoms. The van der Waals surface area contributed by atoms with Crippen molar-refractivity contribution in [2.75, 3.05) is 12.3 Å². The van der Waals surface area contributed by atoms with Crippen LogP contribution >= 0.6 is 24.0 Å². The van der Waals surface area contributed by atoms with E-state index < -0.39 is 42.4 Å². The minimum Gasteiger partial charge on any atom is -0.480 e. The molecule has 164 valence electrons. The molecular weight excluding hydrogens is 432 g/mol. The maximum Gasteiger partial charge on any atom is 0.322 e. The van der Waals surface area contributed by atoms with Crippen molar-refractivity contribution < 1.29 is 29.4 Å². The molecule has 0 saturated heterocycles. The van der Waals surface area contributed by atoms with Crippen LogP contribution in [0.4, 0.5) is 0 Å². The Morgan fingerprint density at radius 3 is 2.37 bits per heavy atom. The molecule has 0 bridgehead atoms. The average Bonchev–Trinajstić information content (AvgIpc) is 2.72. The lowest BCUT2D eigenvalue weighted by molar-refractivity contribution is -0.139. The quantitative estimate of drug-likeness (QED) is 0.229. The van der Waals surface area contributed by atoms with E-state index in [0.717, 1.165) is 17.3 Å². The van der Waals surface area contributed by atoms with E-state index in [1.54, 1.807) is 0 Å². The van der Waals surface area contributed by atoms with E-state index >= 15 is 0 Å². The van der Waals surface area contributed by atoms with Crippen LogP contribution < -0.4 is 21.7 Å². The largest absolute Gasteiger partial charge is 0.480 e. The van der Waals surface area contributed by atoms with E-state index in [-0.39, 0.29) is 18.6 Å². The van der Waals surface area contributed by atoms with E-state index in [1.165, 1.54) is 0 Å². The molecule has 0 fully saturated rings. The van der Waals surface area contributed by atoms with E-state index in [1.807, 2.05) is 30.3 Å². The monoisotopic (exact) mass is 456 g/mol. The number of carbonyl (C=O) groups excluding carboxylic acids is 2. The first-order valence-electron chi connectivity index (χ1n) is 8.90. The third kappa shape index (κ3) is 10.7. The van der Waals surface area contributed by atoms with Crippen LogP contribution in [0.1, 0.15) is 18.4 Å². The van der Waals surface area contributed by atoms with Crippen molar-refractivity contribution in [2.45, 2.75) is 31.5 Å². The number of aliphatic carboxylic acids is 2. The maximum atomic E-state index is 12.2. The summed E-state index contributed by atoms with van der Waals surface area (Å²) >= 11 is 6.34. The predicted octanol–water partition coefficient (Wildman–Crippen LogP) is -0.328. The second-order valence-electron chi connectivity index (χ2n) is 6.15. The van der Waals surface area contributed by atoms with Gasteiger partial charge in [-0.3, -0.25) is 19.2 Å². The molecule has 7 N–H and O–H groups in total. The number of thiocarbonyl (C=S) groups is 1. The molecule has 0 aliphatic heterocycles. The Kier molecular flexibility index (Phi) is 11.4. The molecule has 1 rings (SSSR count). The normalized spacial score (nSPS) is 12.3. The van der Waals surface area contributed by atoms with E-state index in [2.05, 4.69) is 16.0 Å². The highest BCUT2D eigenvalue weighted by molar-refractivity contribution is 8.23. The molecule has 10 nitrogen and oxygen atoms in total. The molecule has 2 unspecified atom stereocenters. The third-order valence-corrected chi connectivity index (χ3v) is 5.13. The Labute approximate surface area is 183 Å². The molecule has 0 aliphatic carbocycles. The topological polar surface area (TPSA) is 171 Å². The molecule has 0 aromatic heterocycles. The van der Waals surface area contributed by atoms with Gasteiger partial charge < -0.3 is 31.9 Å². The van der Waals surface area contributed by atoms with E-state index in [9.17, 15) is 19.2 Å². The van der Waals surface area contributed by atoms with E-state index in [4.69, 9.17) is 28.2 Å². The number of nitrogens with two attached hydrogens (primary N) is 1. The highest BCUT2D eigenvalue weighted by Gasteiger charge is 2.23. The van der Waals surface area contributed by atoms with Crippen molar-refractivity contribution in [3.8, 4) is 0 Å². The van der Waals surface area contributed by atoms with Gasteiger partial charge in [0.05, 0.1) is 0 Å². The molecular formula is C18H24N4O6S2. The van der Waals surface area contributed by atoms with Gasteiger partial charge in [-0.05, 0) is 12.0 Å². The number of carbonyl (C=O) groups is 4. The van der Waals surface area contributed by atoms with Crippen LogP contribution in [0.3, 0.4) is 0 Å². The van der Waals surface area contributed by atoms with Gasteiger partial charge >= 0.3 is 11.9 Å². The summed E-state index contributed by atoms with van der Waals surface area (Å²) in [7, 11) is 0. The number of nitrogens with one attached hydrogen (secondary N) is 3. The van der Waals surface area contributed by atoms with Gasteiger partial charge in [0.25, 0.3) is 0 Å². The number of benzene rings is 1. The summed E-state index contributed by atoms with van der Waals surface area (Å²) in [6, 6.07) is 7.26. The molecule has 0 aliphatic rings. The Hall–Kier alpha value is -2.70. The van der Waals surface area contributed by atoms with Crippen molar-refractivity contribution in [2.24, 2.45) is 5.73 Å². The van der Waals surface area contributed by atoms with Crippen molar-refractivity contribution in [3.63, 3.8) is 0 Å². The molecule has 0 heterocycles. The first-order chi connectivity index (χ1) is 14.2. The zero-order valence-electron chi connectivity index (χ0n) is 16.0. The third-order valence-electron chi connectivity index (χ3n) is 3.73. The van der Waals surface area contributed by atoms with Crippen LogP contribution in [-0.4, -0.2) is 62.7 Å². The van der Waals surface area contributed by atoms with Gasteiger partial charge in [-0.15, -0.1) is 0 Å². The van der Waals surface area contributed by atoms with Gasteiger partial charge in [0.15, 0.2) is 0 Å². The summed E-state index contributed by atoms with van der Waals surface area (Å²) in [5.41, 5.74) is 6.38. The smallest absolute Gasteiger partial charge is 0.322 e. The second-order valence-corrected chi connectivity index (χ2v) is 7.85. The van der Waals surface area contributed by atoms with Crippen LogP contribution in [0.25, 0.3) is 0 Å². The number of amides is 2. The molecule has 2 atom stereocenters. The summed E-state index contributed by atoms with van der Waals surface area (Å²) in [6.45, 7) is -0.113. The fourth-order valence-electron chi connectivity index (χ4n) is 2.13. The lowest BCUT2D eigenvalue weighted by Crippen LogP contribution is -2.49. The summed E-state index contributed by atoms with van der Waals surface area (Å²) in [5.74, 6) is -3.67. The van der Waals surface area contributed by atoms with Gasteiger partial charge in [0.2, 0.25) is 11.8 Å². The fourth-order valence-corrected chi connectivity index (χ4v) is 3.13. The molecule has 0 spiro atoms. The number of thioether (sulfide) groups is 1. The second kappa shape index (κ2) is 13.5. The van der Waals surface area contributed by atoms with Gasteiger partial charge in [0.1, 0.15) is 22.9 Å². The number of hydrogen-bond acceptors (Lipinski definition) is 7. The van der Waals surface area contributed by atoms with Crippen LogP contribution in [0, 0.1) is 0 Å². The number of carboxylic acid groups (broad SMARTS) is 2. The van der Waals surface area contributed by atoms with Gasteiger partial charge in [-0.25, -0.2) is 0 Å². The van der Waals surface area contributed by atoms with E-state index in [0.29, 0.717) is 10.9 Å². The number of rotatable bonds is 12. The number of hydrogen-bond donors (Lipinski definition) is 6. The highest BCUT2D eigenvalue weighted by atomic mass is 32.2. The van der Waals surface area contributed by atoms with Gasteiger partial charge in [-0.2, -0.15) is 0 Å². The molecule has 0 saturated carbocycles. The standard InChI is InChI=1S/C18H24N4O6S2/c19-12(17(27)28)6-7-14(23)22-13(16(26)20-9-15(24)25)10-30-18(29)21-8-11-4-2-1-3-5-11/h1-5,12-13H,6-10,19H2,(H,20,26)(H,21,29)(H,22,23)(H,24,25)(H,27,28). The number of carboxylic acids is 2. The minimum absolute atomic E-state index is 0.0583. The van der Waals surface area contributed by atoms with Crippen molar-refractivity contribution in [3.05, 3.63) is 35.9 Å². The molecule has 2 amide bonds. The molecule has 1 aromatic rings. The Bertz CT molecular complexity index is 762. The van der Waals surface area contributed by atoms with Gasteiger partial charge in [-0.1, -0.05) is 54.3 Å². The summed E-state index contributed by atoms with van der Waals surface area (Å²) in [6.07, 6.45) is -0.299. The highest BCUT2D eigenvalue weighted by Crippen LogP contribution is 2.08. The predicted molar refractivity (Wildman–Crippen MR) is 116 cm³/mol. The lowest BCUT2D eigenvalue weighted by Gasteiger charge is -2.18. The minimum atomic E-state index is -1.23. The summed E-state index contributed by atoms with van der Waals surface area (Å²) in [4.78, 5) is 45.7. The first-order valence-corrected chi connectivity index (χ1v) is 10.3. The van der Waals surface area contributed by atoms with Gasteiger partial charge in [0, 0.05) is 18.7 Å². The molecule has 0 radical (unpaired) electrons. The van der Waals surface area contributed by atoms with Crippen LogP contribution in [0.5, 0.6) is 0 Å². The van der Waals surface area contributed by atoms with Crippen LogP contribution in [0.15, 0.2) is 30.3 Å². The van der Waals surface area contributed by atoms with Crippen molar-refractivity contribution >= 4 is 52.1 Å². The molecule has 12 heteroatoms. The van der Waals surface area contributed by atoms with Crippen molar-refractivity contribution in [1.29, 1.82) is 0 Å². The van der Waals surface area contributed by atoms with Crippen LogP contribution in [-0.2, 0) is 25.7 Å². The Balaban J connectivity index is 2.58. The van der Waals surface area contributed by atoms with Crippen LogP contribution in [0.2, 0.25) is 0 Å². The zero-order chi connectivity index (χ0) is 22.5. The lowest BCUT2D eigenvalue weighted by atomic mass is 10.1. The summed E-state index contributed by atoms with van der Waals surface area (Å²) < 4.78 is 0.400. The zero-order valence-corrected chi connectivity index (χ0v) is 17.6.